The van der Waals surface area contributed by atoms with E-state index in [2.05, 4.69) is 33.9 Å². The molecule has 0 atom stereocenters. The van der Waals surface area contributed by atoms with Crippen LogP contribution in [0, 0.1) is 0 Å². The maximum atomic E-state index is 12.5. The number of aryl methyl sites for hydroxylation is 1. The summed E-state index contributed by atoms with van der Waals surface area (Å²) in [5, 5.41) is 1.36. The van der Waals surface area contributed by atoms with E-state index in [4.69, 9.17) is 10.2 Å². The first kappa shape index (κ1) is 26.4. The molecule has 3 aromatic rings. The van der Waals surface area contributed by atoms with Crippen LogP contribution >= 0.6 is 24.8 Å². The highest BCUT2D eigenvalue weighted by molar-refractivity contribution is 7.89. The lowest BCUT2D eigenvalue weighted by Crippen LogP contribution is -2.33. The molecule has 3 N–H and O–H groups in total. The number of sulfonamides is 1. The molecule has 1 aromatic heterocycles. The Labute approximate surface area is 190 Å². The van der Waals surface area contributed by atoms with Gasteiger partial charge in [0.25, 0.3) is 10.0 Å². The van der Waals surface area contributed by atoms with Crippen molar-refractivity contribution in [2.45, 2.75) is 24.5 Å². The molecule has 0 aliphatic rings. The Kier molecular flexibility index (Phi) is 10.8. The van der Waals surface area contributed by atoms with Crippen molar-refractivity contribution in [2.24, 2.45) is 5.73 Å². The summed E-state index contributed by atoms with van der Waals surface area (Å²) >= 11 is 0. The summed E-state index contributed by atoms with van der Waals surface area (Å²) < 4.78 is 32.9. The average molecular weight is 474 g/mol. The minimum atomic E-state index is -3.66. The molecule has 0 saturated heterocycles. The van der Waals surface area contributed by atoms with Crippen molar-refractivity contribution >= 4 is 45.6 Å². The predicted octanol–water partition coefficient (Wildman–Crippen LogP) is 3.58. The Morgan fingerprint density at radius 1 is 1.00 bits per heavy atom. The van der Waals surface area contributed by atoms with Crippen molar-refractivity contribution in [1.82, 2.24) is 9.62 Å². The molecule has 30 heavy (non-hydrogen) atoms. The maximum Gasteiger partial charge on any atom is 0.274 e. The van der Waals surface area contributed by atoms with Crippen LogP contribution in [0.4, 0.5) is 0 Å². The Hall–Kier alpha value is -1.61. The number of halogens is 2. The van der Waals surface area contributed by atoms with Gasteiger partial charge in [-0.2, -0.15) is 0 Å². The number of fused-ring (bicyclic) bond motifs is 1. The topological polar surface area (TPSA) is 88.6 Å². The van der Waals surface area contributed by atoms with E-state index in [0.717, 1.165) is 30.3 Å². The minimum absolute atomic E-state index is 0. The van der Waals surface area contributed by atoms with Gasteiger partial charge in [0, 0.05) is 30.4 Å². The number of nitrogens with two attached hydrogens (primary N) is 1. The normalized spacial score (nSPS) is 11.3. The third-order valence-electron chi connectivity index (χ3n) is 4.77. The monoisotopic (exact) mass is 473 g/mol. The molecule has 2 aromatic carbocycles. The zero-order chi connectivity index (χ0) is 20.0. The molecule has 0 aliphatic heterocycles. The van der Waals surface area contributed by atoms with Crippen LogP contribution in [-0.2, 0) is 23.0 Å². The van der Waals surface area contributed by atoms with E-state index in [0.29, 0.717) is 25.0 Å². The number of nitrogens with one attached hydrogen (secondary N) is 1. The van der Waals surface area contributed by atoms with E-state index in [1.807, 2.05) is 19.2 Å². The highest BCUT2D eigenvalue weighted by Gasteiger charge is 2.21. The molecule has 0 unspecified atom stereocenters. The summed E-state index contributed by atoms with van der Waals surface area (Å²) in [7, 11) is -1.67. The van der Waals surface area contributed by atoms with Gasteiger partial charge in [-0.25, -0.2) is 13.1 Å². The summed E-state index contributed by atoms with van der Waals surface area (Å²) in [6.07, 6.45) is 3.46. The third kappa shape index (κ3) is 6.97. The van der Waals surface area contributed by atoms with Crippen LogP contribution in [-0.4, -0.2) is 40.0 Å². The van der Waals surface area contributed by atoms with E-state index in [9.17, 15) is 8.42 Å². The number of benzene rings is 2. The second kappa shape index (κ2) is 12.3. The molecule has 0 radical (unpaired) electrons. The second-order valence-corrected chi connectivity index (χ2v) is 8.60. The first-order chi connectivity index (χ1) is 13.5. The Balaban J connectivity index is 0.00000225. The molecule has 6 nitrogen and oxygen atoms in total. The van der Waals surface area contributed by atoms with Crippen LogP contribution < -0.4 is 10.5 Å². The Morgan fingerprint density at radius 2 is 1.67 bits per heavy atom. The largest absolute Gasteiger partial charge is 0.450 e. The molecule has 0 saturated carbocycles. The van der Waals surface area contributed by atoms with Crippen molar-refractivity contribution in [3.8, 4) is 0 Å². The predicted molar refractivity (Wildman–Crippen MR) is 126 cm³/mol. The van der Waals surface area contributed by atoms with Crippen LogP contribution in [0.2, 0.25) is 0 Å². The lowest BCUT2D eigenvalue weighted by Gasteiger charge is -2.16. The first-order valence-corrected chi connectivity index (χ1v) is 10.9. The van der Waals surface area contributed by atoms with Crippen LogP contribution in [0.1, 0.15) is 17.5 Å². The first-order valence-electron chi connectivity index (χ1n) is 9.42. The second-order valence-electron chi connectivity index (χ2n) is 6.94. The fourth-order valence-electron chi connectivity index (χ4n) is 3.12. The molecule has 0 fully saturated rings. The summed E-state index contributed by atoms with van der Waals surface area (Å²) in [4.78, 5) is 2.12. The SMILES string of the molecule is CN(CCCc1ccc(CN)cc1)CCNS(=O)(=O)c1occ2ccccc12.Cl.Cl. The van der Waals surface area contributed by atoms with E-state index in [-0.39, 0.29) is 29.9 Å². The summed E-state index contributed by atoms with van der Waals surface area (Å²) in [6, 6.07) is 15.6. The molecule has 0 amide bonds. The van der Waals surface area contributed by atoms with E-state index >= 15 is 0 Å². The van der Waals surface area contributed by atoms with Gasteiger partial charge >= 0.3 is 0 Å². The average Bonchev–Trinajstić information content (AvgIpc) is 3.13. The highest BCUT2D eigenvalue weighted by atomic mass is 35.5. The highest BCUT2D eigenvalue weighted by Crippen LogP contribution is 2.24. The Morgan fingerprint density at radius 3 is 2.37 bits per heavy atom. The van der Waals surface area contributed by atoms with Gasteiger partial charge in [-0.1, -0.05) is 42.5 Å². The maximum absolute atomic E-state index is 12.5. The van der Waals surface area contributed by atoms with Gasteiger partial charge in [0.05, 0.1) is 0 Å². The van der Waals surface area contributed by atoms with Crippen LogP contribution in [0.5, 0.6) is 0 Å². The van der Waals surface area contributed by atoms with Gasteiger partial charge in [-0.15, -0.1) is 24.8 Å². The zero-order valence-corrected chi connectivity index (χ0v) is 19.4. The van der Waals surface area contributed by atoms with E-state index < -0.39 is 10.0 Å². The van der Waals surface area contributed by atoms with Crippen LogP contribution in [0.3, 0.4) is 0 Å². The molecule has 0 aliphatic carbocycles. The number of hydrogen-bond acceptors (Lipinski definition) is 5. The summed E-state index contributed by atoms with van der Waals surface area (Å²) in [5.41, 5.74) is 8.04. The number of hydrogen-bond donors (Lipinski definition) is 2. The number of nitrogens with zero attached hydrogens (tertiary/aromatic N) is 1. The quantitative estimate of drug-likeness (QED) is 0.469. The van der Waals surface area contributed by atoms with E-state index in [1.54, 1.807) is 12.1 Å². The summed E-state index contributed by atoms with van der Waals surface area (Å²) in [6.45, 7) is 2.42. The smallest absolute Gasteiger partial charge is 0.274 e. The van der Waals surface area contributed by atoms with Gasteiger partial charge in [0.1, 0.15) is 6.26 Å². The van der Waals surface area contributed by atoms with Gasteiger partial charge in [0.2, 0.25) is 5.09 Å². The molecule has 166 valence electrons. The van der Waals surface area contributed by atoms with Crippen LogP contribution in [0.25, 0.3) is 10.8 Å². The number of likely N-dealkylation sites (N-methyl/N-ethyl adjacent to an activating group) is 1. The fraction of sp³-hybridized carbons (Fsp3) is 0.333. The van der Waals surface area contributed by atoms with Gasteiger partial charge in [-0.05, 0) is 43.6 Å². The van der Waals surface area contributed by atoms with Crippen molar-refractivity contribution < 1.29 is 12.8 Å². The zero-order valence-electron chi connectivity index (χ0n) is 16.9. The number of rotatable bonds is 10. The molecular weight excluding hydrogens is 445 g/mol. The van der Waals surface area contributed by atoms with E-state index in [1.165, 1.54) is 11.8 Å². The lowest BCUT2D eigenvalue weighted by molar-refractivity contribution is 0.333. The lowest BCUT2D eigenvalue weighted by atomic mass is 10.1. The van der Waals surface area contributed by atoms with Gasteiger partial charge in [-0.3, -0.25) is 0 Å². The van der Waals surface area contributed by atoms with Crippen molar-refractivity contribution in [3.63, 3.8) is 0 Å². The molecule has 1 heterocycles. The molecule has 3 rings (SSSR count). The van der Waals surface area contributed by atoms with Crippen molar-refractivity contribution in [3.05, 3.63) is 65.9 Å². The third-order valence-corrected chi connectivity index (χ3v) is 6.16. The van der Waals surface area contributed by atoms with Crippen molar-refractivity contribution in [2.75, 3.05) is 26.7 Å². The van der Waals surface area contributed by atoms with Crippen LogP contribution in [0.15, 0.2) is 64.3 Å². The molecule has 0 bridgehead atoms. The number of furan rings is 1. The van der Waals surface area contributed by atoms with Crippen molar-refractivity contribution in [1.29, 1.82) is 0 Å². The van der Waals surface area contributed by atoms with Gasteiger partial charge < -0.3 is 15.1 Å². The fourth-order valence-corrected chi connectivity index (χ4v) is 4.26. The van der Waals surface area contributed by atoms with Gasteiger partial charge in [0.15, 0.2) is 0 Å². The molecular formula is C21H29Cl2N3O3S. The molecule has 9 heteroatoms. The molecule has 0 spiro atoms. The standard InChI is InChI=1S/C21H27N3O3S.2ClH/c1-24(13-4-5-17-8-10-18(15-22)11-9-17)14-12-23-28(25,26)21-20-7-3-2-6-19(20)16-27-21;;/h2-3,6-11,16,23H,4-5,12-15,22H2,1H3;2*1H. The summed E-state index contributed by atoms with van der Waals surface area (Å²) in [5.74, 6) is 0. The Bertz CT molecular complexity index is 1010. The minimum Gasteiger partial charge on any atom is -0.450 e.